The van der Waals surface area contributed by atoms with Crippen LogP contribution in [0.4, 0.5) is 0 Å². The van der Waals surface area contributed by atoms with Crippen molar-refractivity contribution in [1.82, 2.24) is 9.13 Å². The van der Waals surface area contributed by atoms with Gasteiger partial charge >= 0.3 is 0 Å². The van der Waals surface area contributed by atoms with Crippen molar-refractivity contribution in [3.05, 3.63) is 44.2 Å². The number of rotatable bonds is 34. The van der Waals surface area contributed by atoms with Crippen molar-refractivity contribution < 1.29 is 24.5 Å². The summed E-state index contributed by atoms with van der Waals surface area (Å²) in [6, 6.07) is 0. The molecule has 0 aliphatic heterocycles. The van der Waals surface area contributed by atoms with Gasteiger partial charge in [-0.2, -0.15) is 0 Å². The molecule has 0 aliphatic rings. The number of aryl methyl sites for hydroxylation is 2. The monoisotopic (exact) mass is 769 g/mol. The maximum atomic E-state index is 13.2. The van der Waals surface area contributed by atoms with Crippen LogP contribution in [0.3, 0.4) is 0 Å². The zero-order valence-corrected chi connectivity index (χ0v) is 35.2. The van der Waals surface area contributed by atoms with Crippen molar-refractivity contribution >= 4 is 11.6 Å². The predicted molar refractivity (Wildman–Crippen MR) is 225 cm³/mol. The number of hydrogen-bond donors (Lipinski definition) is 2. The third-order valence-electron chi connectivity index (χ3n) is 10.8. The Hall–Kier alpha value is -3.36. The molecule has 0 aromatic carbocycles. The number of aromatic nitrogens is 2. The second-order valence-electron chi connectivity index (χ2n) is 15.8. The Balaban J connectivity index is 1.93. The van der Waals surface area contributed by atoms with Crippen molar-refractivity contribution in [3.8, 4) is 23.0 Å². The maximum absolute atomic E-state index is 13.2. The van der Waals surface area contributed by atoms with E-state index in [9.17, 15) is 29.4 Å². The Morgan fingerprint density at radius 2 is 0.691 bits per heavy atom. The molecular formula is C46H76N2O7. The first-order valence-electron chi connectivity index (χ1n) is 22.3. The number of unbranched alkanes of at least 4 members (excludes halogenated alkanes) is 26. The molecule has 0 bridgehead atoms. The van der Waals surface area contributed by atoms with E-state index in [1.165, 1.54) is 164 Å². The Bertz CT molecular complexity index is 1400. The first kappa shape index (κ1) is 47.8. The molecule has 2 N–H and O–H groups in total. The number of carbonyl (C=O) groups is 2. The van der Waals surface area contributed by atoms with E-state index < -0.39 is 33.9 Å². The van der Waals surface area contributed by atoms with Crippen LogP contribution in [0.2, 0.25) is 0 Å². The van der Waals surface area contributed by atoms with E-state index in [-0.39, 0.29) is 22.9 Å². The molecule has 55 heavy (non-hydrogen) atoms. The van der Waals surface area contributed by atoms with Crippen molar-refractivity contribution in [3.63, 3.8) is 0 Å². The molecule has 0 aliphatic carbocycles. The molecule has 0 amide bonds. The highest BCUT2D eigenvalue weighted by atomic mass is 16.5. The second-order valence-corrected chi connectivity index (χ2v) is 15.8. The highest BCUT2D eigenvalue weighted by Gasteiger charge is 2.23. The predicted octanol–water partition coefficient (Wildman–Crippen LogP) is 12.6. The average Bonchev–Trinajstić information content (AvgIpc) is 3.15. The maximum Gasteiger partial charge on any atom is 0.266 e. The fraction of sp³-hybridized carbons (Fsp3) is 0.739. The van der Waals surface area contributed by atoms with Gasteiger partial charge in [-0.25, -0.2) is 0 Å². The van der Waals surface area contributed by atoms with Crippen LogP contribution in [0, 0.1) is 0 Å². The van der Waals surface area contributed by atoms with Crippen LogP contribution in [0.25, 0.3) is 0 Å². The molecule has 2 aromatic rings. The first-order valence-corrected chi connectivity index (χ1v) is 22.3. The third kappa shape index (κ3) is 18.4. The second kappa shape index (κ2) is 29.0. The number of carbonyl (C=O) groups excluding carboxylic acids is 2. The molecule has 9 heteroatoms. The van der Waals surface area contributed by atoms with Crippen LogP contribution in [0.1, 0.15) is 228 Å². The van der Waals surface area contributed by atoms with E-state index in [2.05, 4.69) is 13.8 Å². The molecule has 0 saturated carbocycles. The minimum atomic E-state index is -0.921. The van der Waals surface area contributed by atoms with Crippen molar-refractivity contribution in [2.24, 2.45) is 0 Å². The van der Waals surface area contributed by atoms with Gasteiger partial charge in [0.15, 0.2) is 34.6 Å². The van der Waals surface area contributed by atoms with Crippen LogP contribution < -0.4 is 15.6 Å². The number of pyridine rings is 2. The summed E-state index contributed by atoms with van der Waals surface area (Å²) in [5, 5.41) is 21.6. The summed E-state index contributed by atoms with van der Waals surface area (Å²) in [4.78, 5) is 51.3. The summed E-state index contributed by atoms with van der Waals surface area (Å²) < 4.78 is 8.83. The number of Topliss-reactive ketones (excluding diaryl/α,β-unsaturated/α-hetero) is 2. The highest BCUT2D eigenvalue weighted by Crippen LogP contribution is 2.26. The summed E-state index contributed by atoms with van der Waals surface area (Å²) in [7, 11) is 0. The normalized spacial score (nSPS) is 11.3. The van der Waals surface area contributed by atoms with Crippen LogP contribution in [-0.4, -0.2) is 30.9 Å². The van der Waals surface area contributed by atoms with Gasteiger partial charge in [0.05, 0.1) is 12.4 Å². The Morgan fingerprint density at radius 1 is 0.455 bits per heavy atom. The molecule has 0 spiro atoms. The SMILES string of the molecule is CCCCCCCCCCCCCCCCn1cc(Oc2cn(CCCCCCCCCCCCCCCC)c(C(C)=O)c(O)c2=O)c(=O)c(O)c1C(C)=O. The van der Waals surface area contributed by atoms with Crippen LogP contribution >= 0.6 is 0 Å². The van der Waals surface area contributed by atoms with Gasteiger partial charge in [-0.3, -0.25) is 19.2 Å². The van der Waals surface area contributed by atoms with E-state index in [1.807, 2.05) is 0 Å². The smallest absolute Gasteiger partial charge is 0.266 e. The van der Waals surface area contributed by atoms with E-state index in [0.29, 0.717) is 13.1 Å². The minimum Gasteiger partial charge on any atom is -0.502 e. The summed E-state index contributed by atoms with van der Waals surface area (Å²) in [6.07, 6.45) is 36.6. The van der Waals surface area contributed by atoms with Crippen molar-refractivity contribution in [2.75, 3.05) is 0 Å². The zero-order chi connectivity index (χ0) is 40.3. The van der Waals surface area contributed by atoms with Gasteiger partial charge < -0.3 is 24.1 Å². The molecule has 0 unspecified atom stereocenters. The lowest BCUT2D eigenvalue weighted by Crippen LogP contribution is -2.21. The number of nitrogens with zero attached hydrogens (tertiary/aromatic N) is 2. The number of hydrogen-bond acceptors (Lipinski definition) is 7. The quantitative estimate of drug-likeness (QED) is 0.0536. The topological polar surface area (TPSA) is 128 Å². The van der Waals surface area contributed by atoms with E-state index in [1.54, 1.807) is 0 Å². The molecule has 2 heterocycles. The minimum absolute atomic E-state index is 0.1000. The van der Waals surface area contributed by atoms with Gasteiger partial charge in [0.2, 0.25) is 0 Å². The molecule has 2 aromatic heterocycles. The van der Waals surface area contributed by atoms with Gasteiger partial charge in [-0.05, 0) is 12.8 Å². The number of aromatic hydroxyl groups is 2. The zero-order valence-electron chi connectivity index (χ0n) is 35.2. The number of ketones is 2. The lowest BCUT2D eigenvalue weighted by molar-refractivity contribution is 0.0991. The van der Waals surface area contributed by atoms with Gasteiger partial charge in [-0.1, -0.05) is 181 Å². The van der Waals surface area contributed by atoms with Crippen LogP contribution in [-0.2, 0) is 13.1 Å². The fourth-order valence-corrected chi connectivity index (χ4v) is 7.56. The largest absolute Gasteiger partial charge is 0.502 e. The third-order valence-corrected chi connectivity index (χ3v) is 10.8. The standard InChI is InChI=1S/C46H76N2O7/c1-5-7-9-11-13-15-17-19-21-23-25-27-29-31-33-47-35-39(43(51)45(53)41(47)37(3)49)55-40-36-48(42(38(4)50)46(54)44(40)52)34-32-30-28-26-24-22-20-18-16-14-12-10-8-6-2/h35-36,53-54H,5-34H2,1-4H3. The summed E-state index contributed by atoms with van der Waals surface area (Å²) in [5.41, 5.74) is -2.04. The van der Waals surface area contributed by atoms with Gasteiger partial charge in [0, 0.05) is 26.9 Å². The highest BCUT2D eigenvalue weighted by molar-refractivity contribution is 5.95. The Labute approximate surface area is 332 Å². The van der Waals surface area contributed by atoms with Gasteiger partial charge in [0.1, 0.15) is 11.4 Å². The van der Waals surface area contributed by atoms with Crippen LogP contribution in [0.5, 0.6) is 23.0 Å². The van der Waals surface area contributed by atoms with E-state index in [4.69, 9.17) is 4.74 Å². The Kier molecular flexibility index (Phi) is 25.2. The summed E-state index contributed by atoms with van der Waals surface area (Å²) in [5.74, 6) is -3.03. The first-order chi connectivity index (χ1) is 26.6. The molecule has 0 radical (unpaired) electrons. The van der Waals surface area contributed by atoms with Gasteiger partial charge in [-0.15, -0.1) is 0 Å². The van der Waals surface area contributed by atoms with Gasteiger partial charge in [0.25, 0.3) is 10.9 Å². The fourth-order valence-electron chi connectivity index (χ4n) is 7.56. The average molecular weight is 769 g/mol. The van der Waals surface area contributed by atoms with E-state index in [0.717, 1.165) is 51.4 Å². The molecule has 312 valence electrons. The molecule has 0 saturated heterocycles. The molecule has 0 fully saturated rings. The summed E-state index contributed by atoms with van der Waals surface area (Å²) >= 11 is 0. The molecule has 9 nitrogen and oxygen atoms in total. The summed E-state index contributed by atoms with van der Waals surface area (Å²) in [6.45, 7) is 7.86. The molecule has 2 rings (SSSR count). The van der Waals surface area contributed by atoms with E-state index >= 15 is 0 Å². The molecular weight excluding hydrogens is 693 g/mol. The molecule has 0 atom stereocenters. The van der Waals surface area contributed by atoms with Crippen molar-refractivity contribution in [1.29, 1.82) is 0 Å². The van der Waals surface area contributed by atoms with Crippen LogP contribution in [0.15, 0.2) is 22.0 Å². The lowest BCUT2D eigenvalue weighted by atomic mass is 10.0. The Morgan fingerprint density at radius 3 is 0.927 bits per heavy atom. The van der Waals surface area contributed by atoms with Crippen molar-refractivity contribution in [2.45, 2.75) is 221 Å². The number of ether oxygens (including phenoxy) is 1. The lowest BCUT2D eigenvalue weighted by Gasteiger charge is -2.17.